The van der Waals surface area contributed by atoms with Gasteiger partial charge in [0.2, 0.25) is 10.0 Å². The molecule has 1 saturated heterocycles. The van der Waals surface area contributed by atoms with Crippen molar-refractivity contribution in [1.29, 1.82) is 0 Å². The lowest BCUT2D eigenvalue weighted by Crippen LogP contribution is -2.33. The molecule has 1 aromatic carbocycles. The largest absolute Gasteiger partial charge is 0.491 e. The van der Waals surface area contributed by atoms with Gasteiger partial charge in [0.1, 0.15) is 17.3 Å². The molecule has 2 rings (SSSR count). The summed E-state index contributed by atoms with van der Waals surface area (Å²) in [4.78, 5) is 2.13. The Morgan fingerprint density at radius 1 is 1.14 bits per heavy atom. The topological polar surface area (TPSA) is 72.6 Å². The minimum Gasteiger partial charge on any atom is -0.491 e. The lowest BCUT2D eigenvalue weighted by atomic mass is 10.1. The fraction of sp³-hybridized carbons (Fsp3) is 0.538. The monoisotopic (exact) mass is 352 g/mol. The van der Waals surface area contributed by atoms with E-state index in [-0.39, 0.29) is 14.9 Å². The van der Waals surface area contributed by atoms with Gasteiger partial charge in [0.15, 0.2) is 0 Å². The van der Waals surface area contributed by atoms with Crippen LogP contribution in [0.25, 0.3) is 0 Å². The van der Waals surface area contributed by atoms with Crippen molar-refractivity contribution in [2.75, 3.05) is 26.2 Å². The van der Waals surface area contributed by atoms with Crippen LogP contribution in [0.4, 0.5) is 0 Å². The molecule has 8 heteroatoms. The van der Waals surface area contributed by atoms with Gasteiger partial charge in [-0.2, -0.15) is 0 Å². The van der Waals surface area contributed by atoms with Gasteiger partial charge in [-0.25, -0.2) is 13.6 Å². The molecule has 1 fully saturated rings. The molecule has 1 aliphatic heterocycles. The number of hydrogen-bond acceptors (Lipinski definition) is 4. The van der Waals surface area contributed by atoms with E-state index in [9.17, 15) is 8.42 Å². The molecule has 0 aromatic heterocycles. The second-order valence-electron chi connectivity index (χ2n) is 5.01. The van der Waals surface area contributed by atoms with Crippen LogP contribution >= 0.6 is 23.2 Å². The average molecular weight is 353 g/mol. The van der Waals surface area contributed by atoms with E-state index in [4.69, 9.17) is 33.1 Å². The fourth-order valence-corrected chi connectivity index (χ4v) is 3.68. The van der Waals surface area contributed by atoms with E-state index < -0.39 is 10.0 Å². The quantitative estimate of drug-likeness (QED) is 0.883. The highest BCUT2D eigenvalue weighted by atomic mass is 35.5. The highest BCUT2D eigenvalue weighted by Crippen LogP contribution is 2.33. The highest BCUT2D eigenvalue weighted by molar-refractivity contribution is 7.89. The number of sulfonamides is 1. The molecule has 0 bridgehead atoms. The highest BCUT2D eigenvalue weighted by Gasteiger charge is 2.17. The number of rotatable bonds is 5. The number of piperidine rings is 1. The van der Waals surface area contributed by atoms with Crippen LogP contribution < -0.4 is 9.88 Å². The summed E-state index contributed by atoms with van der Waals surface area (Å²) in [6, 6.07) is 2.61. The summed E-state index contributed by atoms with van der Waals surface area (Å²) in [5.41, 5.74) is 0. The summed E-state index contributed by atoms with van der Waals surface area (Å²) in [6.45, 7) is 3.46. The molecular weight excluding hydrogens is 335 g/mol. The summed E-state index contributed by atoms with van der Waals surface area (Å²) in [5, 5.41) is 5.25. The third-order valence-corrected chi connectivity index (χ3v) is 5.08. The SMILES string of the molecule is NS(=O)(=O)c1cc(Cl)c(OCCN2CCCCC2)cc1Cl. The summed E-state index contributed by atoms with van der Waals surface area (Å²) in [6.07, 6.45) is 3.72. The van der Waals surface area contributed by atoms with Crippen LogP contribution in [0.1, 0.15) is 19.3 Å². The number of benzene rings is 1. The number of ether oxygens (including phenoxy) is 1. The van der Waals surface area contributed by atoms with E-state index in [1.54, 1.807) is 0 Å². The molecule has 5 nitrogen and oxygen atoms in total. The van der Waals surface area contributed by atoms with Crippen LogP contribution in [0.5, 0.6) is 5.75 Å². The van der Waals surface area contributed by atoms with E-state index in [1.165, 1.54) is 31.4 Å². The summed E-state index contributed by atoms with van der Waals surface area (Å²) >= 11 is 11.9. The van der Waals surface area contributed by atoms with Crippen molar-refractivity contribution in [3.8, 4) is 5.75 Å². The Balaban J connectivity index is 1.99. The number of nitrogens with two attached hydrogens (primary N) is 1. The minimum absolute atomic E-state index is 0.00914. The van der Waals surface area contributed by atoms with Crippen molar-refractivity contribution >= 4 is 33.2 Å². The van der Waals surface area contributed by atoms with Crippen molar-refractivity contribution in [2.45, 2.75) is 24.2 Å². The molecule has 1 aromatic rings. The van der Waals surface area contributed by atoms with Gasteiger partial charge in [0, 0.05) is 12.6 Å². The molecule has 0 radical (unpaired) electrons. The molecule has 0 aliphatic carbocycles. The van der Waals surface area contributed by atoms with Gasteiger partial charge < -0.3 is 4.74 Å². The minimum atomic E-state index is -3.89. The predicted octanol–water partition coefficient (Wildman–Crippen LogP) is 2.51. The maximum Gasteiger partial charge on any atom is 0.239 e. The Morgan fingerprint density at radius 2 is 1.81 bits per heavy atom. The first-order chi connectivity index (χ1) is 9.88. The second kappa shape index (κ2) is 7.15. The van der Waals surface area contributed by atoms with Gasteiger partial charge in [0.25, 0.3) is 0 Å². The first-order valence-electron chi connectivity index (χ1n) is 6.75. The van der Waals surface area contributed by atoms with Gasteiger partial charge in [-0.1, -0.05) is 29.6 Å². The van der Waals surface area contributed by atoms with Crippen molar-refractivity contribution in [3.05, 3.63) is 22.2 Å². The third-order valence-electron chi connectivity index (χ3n) is 3.41. The summed E-state index contributed by atoms with van der Waals surface area (Å²) in [7, 11) is -3.89. The summed E-state index contributed by atoms with van der Waals surface area (Å²) in [5.74, 6) is 0.367. The van der Waals surface area contributed by atoms with Gasteiger partial charge in [-0.15, -0.1) is 0 Å². The number of likely N-dealkylation sites (tertiary alicyclic amines) is 1. The zero-order chi connectivity index (χ0) is 15.5. The normalized spacial score (nSPS) is 16.9. The molecule has 1 heterocycles. The number of hydrogen-bond donors (Lipinski definition) is 1. The number of nitrogens with zero attached hydrogens (tertiary/aromatic N) is 1. The van der Waals surface area contributed by atoms with E-state index in [0.29, 0.717) is 12.4 Å². The summed E-state index contributed by atoms with van der Waals surface area (Å²) < 4.78 is 28.2. The molecule has 2 N–H and O–H groups in total. The predicted molar refractivity (Wildman–Crippen MR) is 83.6 cm³/mol. The van der Waals surface area contributed by atoms with Crippen molar-refractivity contribution in [3.63, 3.8) is 0 Å². The molecule has 0 amide bonds. The molecule has 0 unspecified atom stereocenters. The first kappa shape index (κ1) is 16.8. The molecular formula is C13H18Cl2N2O3S. The maximum absolute atomic E-state index is 11.3. The Bertz CT molecular complexity index is 602. The van der Waals surface area contributed by atoms with Gasteiger partial charge in [-0.05, 0) is 32.0 Å². The van der Waals surface area contributed by atoms with E-state index >= 15 is 0 Å². The molecule has 21 heavy (non-hydrogen) atoms. The average Bonchev–Trinajstić information content (AvgIpc) is 2.42. The van der Waals surface area contributed by atoms with Gasteiger partial charge >= 0.3 is 0 Å². The van der Waals surface area contributed by atoms with Crippen molar-refractivity contribution in [2.24, 2.45) is 5.14 Å². The Kier molecular flexibility index (Phi) is 5.73. The van der Waals surface area contributed by atoms with Crippen LogP contribution in [0, 0.1) is 0 Å². The van der Waals surface area contributed by atoms with Crippen LogP contribution in [0.3, 0.4) is 0 Å². The molecule has 1 aliphatic rings. The first-order valence-corrected chi connectivity index (χ1v) is 9.05. The lowest BCUT2D eigenvalue weighted by molar-refractivity contribution is 0.183. The molecule has 118 valence electrons. The Morgan fingerprint density at radius 3 is 2.43 bits per heavy atom. The molecule has 0 atom stereocenters. The number of halogens is 2. The fourth-order valence-electron chi connectivity index (χ4n) is 2.31. The van der Waals surface area contributed by atoms with Crippen molar-refractivity contribution in [1.82, 2.24) is 4.90 Å². The molecule has 0 spiro atoms. The maximum atomic E-state index is 11.3. The third kappa shape index (κ3) is 4.72. The van der Waals surface area contributed by atoms with Gasteiger partial charge in [0.05, 0.1) is 10.0 Å². The lowest BCUT2D eigenvalue weighted by Gasteiger charge is -2.26. The van der Waals surface area contributed by atoms with Crippen LogP contribution in [0.15, 0.2) is 17.0 Å². The Hall–Kier alpha value is -0.530. The van der Waals surface area contributed by atoms with Crippen LogP contribution in [-0.2, 0) is 10.0 Å². The van der Waals surface area contributed by atoms with Crippen LogP contribution in [-0.4, -0.2) is 39.6 Å². The zero-order valence-electron chi connectivity index (χ0n) is 11.5. The van der Waals surface area contributed by atoms with Crippen LogP contribution in [0.2, 0.25) is 10.0 Å². The number of primary sulfonamides is 1. The zero-order valence-corrected chi connectivity index (χ0v) is 13.8. The second-order valence-corrected chi connectivity index (χ2v) is 7.35. The van der Waals surface area contributed by atoms with E-state index in [1.807, 2.05) is 0 Å². The molecule has 0 saturated carbocycles. The van der Waals surface area contributed by atoms with E-state index in [2.05, 4.69) is 4.90 Å². The van der Waals surface area contributed by atoms with E-state index in [0.717, 1.165) is 19.6 Å². The smallest absolute Gasteiger partial charge is 0.239 e. The van der Waals surface area contributed by atoms with Gasteiger partial charge in [-0.3, -0.25) is 4.90 Å². The Labute approximate surface area is 135 Å². The standard InChI is InChI=1S/C13H18Cl2N2O3S/c14-10-9-13(21(16,18)19)11(15)8-12(10)20-7-6-17-4-2-1-3-5-17/h8-9H,1-7H2,(H2,16,18,19). The van der Waals surface area contributed by atoms with Crippen molar-refractivity contribution < 1.29 is 13.2 Å².